The second-order valence-corrected chi connectivity index (χ2v) is 8.57. The van der Waals surface area contributed by atoms with Gasteiger partial charge in [-0.1, -0.05) is 20.3 Å². The zero-order valence-corrected chi connectivity index (χ0v) is 13.5. The average Bonchev–Trinajstić information content (AvgIpc) is 2.89. The van der Waals surface area contributed by atoms with Crippen molar-refractivity contribution in [3.05, 3.63) is 15.6 Å². The van der Waals surface area contributed by atoms with Crippen LogP contribution in [0.5, 0.6) is 0 Å². The molecule has 110 valence electrons. The van der Waals surface area contributed by atoms with E-state index in [0.717, 1.165) is 30.2 Å². The van der Waals surface area contributed by atoms with Crippen molar-refractivity contribution < 1.29 is 0 Å². The molecule has 1 aromatic heterocycles. The van der Waals surface area contributed by atoms with E-state index < -0.39 is 0 Å². The number of nitrogens with zero attached hydrogens (tertiary/aromatic N) is 1. The molecule has 0 spiro atoms. The SMILES string of the molecule is CC(C)NCc1sc(C2CC3CCC2C3)nc1C1CC1. The summed E-state index contributed by atoms with van der Waals surface area (Å²) < 4.78 is 0. The summed E-state index contributed by atoms with van der Waals surface area (Å²) in [4.78, 5) is 6.67. The summed E-state index contributed by atoms with van der Waals surface area (Å²) in [5, 5.41) is 5.08. The van der Waals surface area contributed by atoms with E-state index in [4.69, 9.17) is 4.98 Å². The Morgan fingerprint density at radius 1 is 1.20 bits per heavy atom. The first kappa shape index (κ1) is 13.3. The Labute approximate surface area is 126 Å². The third kappa shape index (κ3) is 2.43. The van der Waals surface area contributed by atoms with Gasteiger partial charge in [0.25, 0.3) is 0 Å². The van der Waals surface area contributed by atoms with Gasteiger partial charge in [0.15, 0.2) is 0 Å². The van der Waals surface area contributed by atoms with Crippen LogP contribution in [0.4, 0.5) is 0 Å². The topological polar surface area (TPSA) is 24.9 Å². The van der Waals surface area contributed by atoms with Gasteiger partial charge in [0.2, 0.25) is 0 Å². The van der Waals surface area contributed by atoms with Crippen LogP contribution in [0.25, 0.3) is 0 Å². The summed E-state index contributed by atoms with van der Waals surface area (Å²) in [6.07, 6.45) is 8.61. The van der Waals surface area contributed by atoms with Crippen LogP contribution in [0, 0.1) is 11.8 Å². The van der Waals surface area contributed by atoms with E-state index in [1.807, 2.05) is 11.3 Å². The summed E-state index contributed by atoms with van der Waals surface area (Å²) in [7, 11) is 0. The van der Waals surface area contributed by atoms with Gasteiger partial charge in [0.05, 0.1) is 10.7 Å². The summed E-state index contributed by atoms with van der Waals surface area (Å²) in [5.74, 6) is 3.59. The minimum absolute atomic E-state index is 0.565. The third-order valence-electron chi connectivity index (χ3n) is 5.43. The Balaban J connectivity index is 1.56. The fourth-order valence-corrected chi connectivity index (χ4v) is 5.50. The number of thiazole rings is 1. The van der Waals surface area contributed by atoms with Crippen LogP contribution in [-0.2, 0) is 6.54 Å². The molecule has 3 saturated carbocycles. The van der Waals surface area contributed by atoms with Crippen LogP contribution in [0.1, 0.15) is 79.8 Å². The zero-order chi connectivity index (χ0) is 13.7. The molecule has 3 aliphatic rings. The highest BCUT2D eigenvalue weighted by atomic mass is 32.1. The van der Waals surface area contributed by atoms with Gasteiger partial charge in [0, 0.05) is 29.3 Å². The van der Waals surface area contributed by atoms with Crippen molar-refractivity contribution in [2.75, 3.05) is 0 Å². The summed E-state index contributed by atoms with van der Waals surface area (Å²) in [6, 6.07) is 0.565. The van der Waals surface area contributed by atoms with Gasteiger partial charge in [-0.15, -0.1) is 11.3 Å². The van der Waals surface area contributed by atoms with Crippen LogP contribution < -0.4 is 5.32 Å². The van der Waals surface area contributed by atoms with Crippen LogP contribution in [-0.4, -0.2) is 11.0 Å². The lowest BCUT2D eigenvalue weighted by Gasteiger charge is -2.18. The second kappa shape index (κ2) is 5.10. The molecule has 0 radical (unpaired) electrons. The smallest absolute Gasteiger partial charge is 0.0965 e. The Morgan fingerprint density at radius 3 is 2.65 bits per heavy atom. The van der Waals surface area contributed by atoms with Crippen molar-refractivity contribution in [1.29, 1.82) is 0 Å². The van der Waals surface area contributed by atoms with Gasteiger partial charge in [-0.2, -0.15) is 0 Å². The highest BCUT2D eigenvalue weighted by Gasteiger charge is 2.42. The maximum absolute atomic E-state index is 5.13. The average molecular weight is 290 g/mol. The number of hydrogen-bond acceptors (Lipinski definition) is 3. The second-order valence-electron chi connectivity index (χ2n) is 7.45. The molecule has 1 aromatic rings. The molecule has 1 N–H and O–H groups in total. The summed E-state index contributed by atoms with van der Waals surface area (Å²) in [5.41, 5.74) is 1.46. The number of hydrogen-bond donors (Lipinski definition) is 1. The molecule has 3 heteroatoms. The highest BCUT2D eigenvalue weighted by Crippen LogP contribution is 2.54. The summed E-state index contributed by atoms with van der Waals surface area (Å²) in [6.45, 7) is 5.49. The Morgan fingerprint density at radius 2 is 2.05 bits per heavy atom. The lowest BCUT2D eigenvalue weighted by Crippen LogP contribution is -2.21. The van der Waals surface area contributed by atoms with Gasteiger partial charge < -0.3 is 5.32 Å². The van der Waals surface area contributed by atoms with Gasteiger partial charge in [-0.05, 0) is 43.9 Å². The molecule has 0 saturated heterocycles. The van der Waals surface area contributed by atoms with Crippen molar-refractivity contribution in [2.24, 2.45) is 11.8 Å². The number of nitrogens with one attached hydrogen (secondary N) is 1. The van der Waals surface area contributed by atoms with Crippen molar-refractivity contribution in [2.45, 2.75) is 76.8 Å². The van der Waals surface area contributed by atoms with Gasteiger partial charge in [0.1, 0.15) is 0 Å². The van der Waals surface area contributed by atoms with Crippen LogP contribution in [0.3, 0.4) is 0 Å². The Hall–Kier alpha value is -0.410. The lowest BCUT2D eigenvalue weighted by molar-refractivity contribution is 0.418. The lowest BCUT2D eigenvalue weighted by atomic mass is 9.89. The fourth-order valence-electron chi connectivity index (χ4n) is 4.19. The molecule has 4 rings (SSSR count). The molecule has 3 unspecified atom stereocenters. The highest BCUT2D eigenvalue weighted by molar-refractivity contribution is 7.11. The van der Waals surface area contributed by atoms with Crippen LogP contribution in [0.15, 0.2) is 0 Å². The largest absolute Gasteiger partial charge is 0.310 e. The zero-order valence-electron chi connectivity index (χ0n) is 12.7. The maximum Gasteiger partial charge on any atom is 0.0965 e. The Bertz CT molecular complexity index is 489. The molecule has 2 bridgehead atoms. The van der Waals surface area contributed by atoms with E-state index in [0.29, 0.717) is 6.04 Å². The first-order valence-electron chi connectivity index (χ1n) is 8.43. The van der Waals surface area contributed by atoms with Gasteiger partial charge in [-0.3, -0.25) is 0 Å². The molecular weight excluding hydrogens is 264 g/mol. The van der Waals surface area contributed by atoms with E-state index in [2.05, 4.69) is 19.2 Å². The van der Waals surface area contributed by atoms with Crippen molar-refractivity contribution in [3.63, 3.8) is 0 Å². The van der Waals surface area contributed by atoms with E-state index in [1.165, 1.54) is 49.2 Å². The Kier molecular flexibility index (Phi) is 3.38. The minimum atomic E-state index is 0.565. The number of fused-ring (bicyclic) bond motifs is 2. The van der Waals surface area contributed by atoms with E-state index in [9.17, 15) is 0 Å². The molecule has 20 heavy (non-hydrogen) atoms. The molecule has 3 atom stereocenters. The molecule has 3 aliphatic carbocycles. The van der Waals surface area contributed by atoms with E-state index in [-0.39, 0.29) is 0 Å². The van der Waals surface area contributed by atoms with Crippen molar-refractivity contribution in [1.82, 2.24) is 10.3 Å². The molecular formula is C17H26N2S. The van der Waals surface area contributed by atoms with Crippen molar-refractivity contribution in [3.8, 4) is 0 Å². The predicted octanol–water partition coefficient (Wildman–Crippen LogP) is 4.42. The maximum atomic E-state index is 5.13. The third-order valence-corrected chi connectivity index (χ3v) is 6.64. The number of aromatic nitrogens is 1. The first-order valence-corrected chi connectivity index (χ1v) is 9.25. The molecule has 0 aliphatic heterocycles. The van der Waals surface area contributed by atoms with Gasteiger partial charge >= 0.3 is 0 Å². The number of rotatable bonds is 5. The molecule has 3 fully saturated rings. The van der Waals surface area contributed by atoms with E-state index >= 15 is 0 Å². The normalized spacial score (nSPS) is 32.5. The standard InChI is InChI=1S/C17H26N2S/c1-10(2)18-9-15-16(12-5-6-12)19-17(20-15)14-8-11-3-4-13(14)7-11/h10-14,18H,3-9H2,1-2H3. The van der Waals surface area contributed by atoms with Crippen LogP contribution >= 0.6 is 11.3 Å². The predicted molar refractivity (Wildman–Crippen MR) is 84.3 cm³/mol. The monoisotopic (exact) mass is 290 g/mol. The van der Waals surface area contributed by atoms with E-state index in [1.54, 1.807) is 4.88 Å². The molecule has 0 aromatic carbocycles. The van der Waals surface area contributed by atoms with Crippen molar-refractivity contribution >= 4 is 11.3 Å². The summed E-state index contributed by atoms with van der Waals surface area (Å²) >= 11 is 2.03. The quantitative estimate of drug-likeness (QED) is 0.868. The van der Waals surface area contributed by atoms with Gasteiger partial charge in [-0.25, -0.2) is 4.98 Å². The molecule has 0 amide bonds. The molecule has 2 nitrogen and oxygen atoms in total. The minimum Gasteiger partial charge on any atom is -0.310 e. The van der Waals surface area contributed by atoms with Crippen LogP contribution in [0.2, 0.25) is 0 Å². The first-order chi connectivity index (χ1) is 9.70. The molecule has 1 heterocycles. The fraction of sp³-hybridized carbons (Fsp3) is 0.824.